The van der Waals surface area contributed by atoms with Crippen molar-refractivity contribution in [1.29, 1.82) is 0 Å². The van der Waals surface area contributed by atoms with Crippen molar-refractivity contribution in [1.82, 2.24) is 0 Å². The van der Waals surface area contributed by atoms with Gasteiger partial charge in [0.25, 0.3) is 0 Å². The molecule has 0 heterocycles. The zero-order valence-corrected chi connectivity index (χ0v) is 6.82. The molecule has 1 atom stereocenters. The van der Waals surface area contributed by atoms with E-state index >= 15 is 0 Å². The highest BCUT2D eigenvalue weighted by Gasteiger charge is 2.06. The van der Waals surface area contributed by atoms with Crippen molar-refractivity contribution >= 4 is 17.7 Å². The van der Waals surface area contributed by atoms with Crippen molar-refractivity contribution in [3.63, 3.8) is 0 Å². The third-order valence-electron chi connectivity index (χ3n) is 1.45. The fraction of sp³-hybridized carbons (Fsp3) is 0.571. The number of aliphatic carboxylic acids is 2. The molecule has 0 aromatic rings. The van der Waals surface area contributed by atoms with Crippen LogP contribution in [0.15, 0.2) is 0 Å². The predicted octanol–water partition coefficient (Wildman–Crippen LogP) is -3.45. The Hall–Kier alpha value is -1.43. The molecule has 0 aliphatic carbocycles. The minimum Gasteiger partial charge on any atom is -0.548 e. The van der Waals surface area contributed by atoms with E-state index in [0.29, 0.717) is 0 Å². The summed E-state index contributed by atoms with van der Waals surface area (Å²) < 4.78 is 0. The zero-order chi connectivity index (χ0) is 10.4. The molecule has 13 heavy (non-hydrogen) atoms. The van der Waals surface area contributed by atoms with Gasteiger partial charge in [0.1, 0.15) is 5.97 Å². The summed E-state index contributed by atoms with van der Waals surface area (Å²) in [7, 11) is 0. The number of carboxylic acids is 2. The maximum atomic E-state index is 10.4. The van der Waals surface area contributed by atoms with Crippen LogP contribution in [-0.4, -0.2) is 23.8 Å². The lowest BCUT2D eigenvalue weighted by molar-refractivity contribution is -0.307. The van der Waals surface area contributed by atoms with E-state index in [-0.39, 0.29) is 19.3 Å². The maximum Gasteiger partial charge on any atom is 0.178 e. The van der Waals surface area contributed by atoms with Crippen LogP contribution in [0.5, 0.6) is 0 Å². The third-order valence-corrected chi connectivity index (χ3v) is 1.45. The van der Waals surface area contributed by atoms with Gasteiger partial charge in [0.15, 0.2) is 5.78 Å². The van der Waals surface area contributed by atoms with Gasteiger partial charge in [-0.3, -0.25) is 4.79 Å². The van der Waals surface area contributed by atoms with Gasteiger partial charge in [-0.1, -0.05) is 0 Å². The Morgan fingerprint density at radius 2 is 1.77 bits per heavy atom. The standard InChI is InChI=1S/C7H11NO5/c8-4(6(10)11)2-1-3-5(9)7(12)13/h4H,1-3,8H2,(H,10,11)(H,12,13)/p-2. The Labute approximate surface area is 74.3 Å². The largest absolute Gasteiger partial charge is 0.548 e. The lowest BCUT2D eigenvalue weighted by Gasteiger charge is -2.11. The van der Waals surface area contributed by atoms with Gasteiger partial charge in [-0.25, -0.2) is 0 Å². The second kappa shape index (κ2) is 5.26. The number of hydrogen-bond acceptors (Lipinski definition) is 6. The molecular weight excluding hydrogens is 178 g/mol. The quantitative estimate of drug-likeness (QED) is 0.431. The molecule has 0 aromatic carbocycles. The molecule has 0 amide bonds. The van der Waals surface area contributed by atoms with Crippen LogP contribution < -0.4 is 15.9 Å². The van der Waals surface area contributed by atoms with Crippen LogP contribution in [0.25, 0.3) is 0 Å². The average molecular weight is 187 g/mol. The molecule has 0 spiro atoms. The zero-order valence-electron chi connectivity index (χ0n) is 6.82. The van der Waals surface area contributed by atoms with E-state index in [1.54, 1.807) is 0 Å². The summed E-state index contributed by atoms with van der Waals surface area (Å²) in [5.74, 6) is -4.23. The van der Waals surface area contributed by atoms with Gasteiger partial charge < -0.3 is 25.5 Å². The Morgan fingerprint density at radius 3 is 2.15 bits per heavy atom. The molecule has 1 unspecified atom stereocenters. The topological polar surface area (TPSA) is 123 Å². The van der Waals surface area contributed by atoms with Gasteiger partial charge in [0, 0.05) is 12.5 Å². The SMILES string of the molecule is NC(CCCC(=O)C(=O)[O-])C(=O)[O-]. The van der Waals surface area contributed by atoms with E-state index in [1.807, 2.05) is 0 Å². The summed E-state index contributed by atoms with van der Waals surface area (Å²) in [6, 6.07) is -1.16. The minimum absolute atomic E-state index is 0.0152. The van der Waals surface area contributed by atoms with Gasteiger partial charge in [0.2, 0.25) is 0 Å². The number of ketones is 1. The maximum absolute atomic E-state index is 10.4. The molecule has 0 aliphatic rings. The highest BCUT2D eigenvalue weighted by Crippen LogP contribution is 1.98. The molecule has 0 bridgehead atoms. The number of Topliss-reactive ketones (excluding diaryl/α,β-unsaturated/α-hetero) is 1. The molecule has 0 saturated heterocycles. The second-order valence-corrected chi connectivity index (χ2v) is 2.53. The summed E-state index contributed by atoms with van der Waals surface area (Å²) in [6.45, 7) is 0. The molecule has 0 rings (SSSR count). The van der Waals surface area contributed by atoms with Crippen molar-refractivity contribution in [3.05, 3.63) is 0 Å². The number of carboxylic acid groups (broad SMARTS) is 2. The normalized spacial score (nSPS) is 12.1. The first-order valence-corrected chi connectivity index (χ1v) is 3.65. The van der Waals surface area contributed by atoms with Crippen molar-refractivity contribution in [2.24, 2.45) is 5.73 Å². The van der Waals surface area contributed by atoms with Gasteiger partial charge in [-0.05, 0) is 12.8 Å². The minimum atomic E-state index is -1.76. The lowest BCUT2D eigenvalue weighted by Crippen LogP contribution is -2.41. The molecule has 2 N–H and O–H groups in total. The first-order chi connectivity index (χ1) is 5.95. The Kier molecular flexibility index (Phi) is 4.68. The van der Waals surface area contributed by atoms with Gasteiger partial charge in [-0.2, -0.15) is 0 Å². The summed E-state index contributed by atoms with van der Waals surface area (Å²) in [4.78, 5) is 30.4. The molecule has 0 fully saturated rings. The Morgan fingerprint density at radius 1 is 1.23 bits per heavy atom. The average Bonchev–Trinajstić information content (AvgIpc) is 2.03. The molecule has 0 aliphatic heterocycles. The Balaban J connectivity index is 3.62. The van der Waals surface area contributed by atoms with E-state index in [9.17, 15) is 24.6 Å². The van der Waals surface area contributed by atoms with Crippen LogP contribution in [-0.2, 0) is 14.4 Å². The fourth-order valence-electron chi connectivity index (χ4n) is 0.702. The molecular formula is C7H9NO5-2. The smallest absolute Gasteiger partial charge is 0.178 e. The van der Waals surface area contributed by atoms with Crippen LogP contribution in [0.1, 0.15) is 19.3 Å². The monoisotopic (exact) mass is 187 g/mol. The Bertz CT molecular complexity index is 225. The van der Waals surface area contributed by atoms with E-state index in [1.165, 1.54) is 0 Å². The molecule has 6 heteroatoms. The van der Waals surface area contributed by atoms with Gasteiger partial charge >= 0.3 is 0 Å². The predicted molar refractivity (Wildman–Crippen MR) is 36.8 cm³/mol. The summed E-state index contributed by atoms with van der Waals surface area (Å²) in [5, 5.41) is 19.9. The van der Waals surface area contributed by atoms with Crippen LogP contribution in [0.4, 0.5) is 0 Å². The van der Waals surface area contributed by atoms with Gasteiger partial charge in [0.05, 0.1) is 5.97 Å². The molecule has 0 radical (unpaired) electrons. The van der Waals surface area contributed by atoms with Crippen molar-refractivity contribution < 1.29 is 24.6 Å². The fourth-order valence-corrected chi connectivity index (χ4v) is 0.702. The number of rotatable bonds is 6. The molecule has 74 valence electrons. The van der Waals surface area contributed by atoms with Gasteiger partial charge in [-0.15, -0.1) is 0 Å². The highest BCUT2D eigenvalue weighted by atomic mass is 16.4. The lowest BCUT2D eigenvalue weighted by atomic mass is 10.1. The number of carbonyl (C=O) groups excluding carboxylic acids is 3. The van der Waals surface area contributed by atoms with Crippen LogP contribution >= 0.6 is 0 Å². The first-order valence-electron chi connectivity index (χ1n) is 3.65. The number of nitrogens with two attached hydrogens (primary N) is 1. The number of carbonyl (C=O) groups is 3. The number of hydrogen-bond donors (Lipinski definition) is 1. The summed E-state index contributed by atoms with van der Waals surface area (Å²) >= 11 is 0. The molecule has 0 saturated carbocycles. The van der Waals surface area contributed by atoms with Crippen LogP contribution in [0, 0.1) is 0 Å². The summed E-state index contributed by atoms with van der Waals surface area (Å²) in [6.07, 6.45) is -0.146. The second-order valence-electron chi connectivity index (χ2n) is 2.53. The van der Waals surface area contributed by atoms with E-state index < -0.39 is 23.8 Å². The van der Waals surface area contributed by atoms with E-state index in [0.717, 1.165) is 0 Å². The first kappa shape index (κ1) is 11.6. The third kappa shape index (κ3) is 4.91. The van der Waals surface area contributed by atoms with Crippen LogP contribution in [0.3, 0.4) is 0 Å². The van der Waals surface area contributed by atoms with Crippen molar-refractivity contribution in [2.75, 3.05) is 0 Å². The summed E-state index contributed by atoms with van der Waals surface area (Å²) in [5.41, 5.74) is 5.04. The van der Waals surface area contributed by atoms with E-state index in [4.69, 9.17) is 5.73 Å². The molecule has 0 aromatic heterocycles. The van der Waals surface area contributed by atoms with Crippen LogP contribution in [0.2, 0.25) is 0 Å². The van der Waals surface area contributed by atoms with E-state index in [2.05, 4.69) is 0 Å². The highest BCUT2D eigenvalue weighted by molar-refractivity contribution is 6.31. The molecule has 6 nitrogen and oxygen atoms in total. The van der Waals surface area contributed by atoms with Crippen molar-refractivity contribution in [3.8, 4) is 0 Å². The van der Waals surface area contributed by atoms with Crippen molar-refractivity contribution in [2.45, 2.75) is 25.3 Å².